The minimum absolute atomic E-state index is 0.433. The van der Waals surface area contributed by atoms with Gasteiger partial charge in [-0.25, -0.2) is 0 Å². The molecule has 2 heterocycles. The van der Waals surface area contributed by atoms with Crippen LogP contribution in [0, 0.1) is 0 Å². The van der Waals surface area contributed by atoms with E-state index in [1.165, 1.54) is 0 Å². The van der Waals surface area contributed by atoms with Crippen molar-refractivity contribution >= 4 is 32.4 Å². The third-order valence-electron chi connectivity index (χ3n) is 2.50. The van der Waals surface area contributed by atoms with Crippen LogP contribution in [0.25, 0.3) is 0 Å². The van der Waals surface area contributed by atoms with Gasteiger partial charge in [-0.05, 0) is 35.7 Å². The molecule has 0 atom stereocenters. The fraction of sp³-hybridized carbons (Fsp3) is 0.778. The molecule has 1 aliphatic heterocycles. The van der Waals surface area contributed by atoms with Crippen LogP contribution in [0.2, 0.25) is 0 Å². The number of halogens is 1. The van der Waals surface area contributed by atoms with Gasteiger partial charge in [-0.15, -0.1) is 10.2 Å². The predicted octanol–water partition coefficient (Wildman–Crippen LogP) is 2.31. The van der Waals surface area contributed by atoms with Crippen LogP contribution < -0.4 is 4.90 Å². The van der Waals surface area contributed by atoms with Gasteiger partial charge in [0, 0.05) is 19.7 Å². The summed E-state index contributed by atoms with van der Waals surface area (Å²) in [5, 5.41) is 9.09. The maximum absolute atomic E-state index is 5.60. The summed E-state index contributed by atoms with van der Waals surface area (Å²) < 4.78 is 6.45. The Balaban J connectivity index is 1.88. The molecule has 4 nitrogen and oxygen atoms in total. The second-order valence-corrected chi connectivity index (χ2v) is 5.71. The second-order valence-electron chi connectivity index (χ2n) is 3.48. The molecular weight excluding hydrogens is 278 g/mol. The lowest BCUT2D eigenvalue weighted by Crippen LogP contribution is -2.37. The van der Waals surface area contributed by atoms with Gasteiger partial charge in [-0.2, -0.15) is 0 Å². The van der Waals surface area contributed by atoms with Crippen molar-refractivity contribution in [3.05, 3.63) is 3.92 Å². The molecule has 1 aliphatic rings. The van der Waals surface area contributed by atoms with E-state index in [0.29, 0.717) is 6.10 Å². The number of rotatable bonds is 3. The van der Waals surface area contributed by atoms with Crippen LogP contribution in [0.3, 0.4) is 0 Å². The molecule has 84 valence electrons. The molecule has 1 fully saturated rings. The normalized spacial score (nSPS) is 18.4. The maximum Gasteiger partial charge on any atom is 0.209 e. The SMILES string of the molecule is CCOC1CCN(c2nnc(Br)s2)CC1. The van der Waals surface area contributed by atoms with Crippen molar-refractivity contribution in [3.63, 3.8) is 0 Å². The fourth-order valence-electron chi connectivity index (χ4n) is 1.78. The van der Waals surface area contributed by atoms with E-state index in [2.05, 4.69) is 31.0 Å². The van der Waals surface area contributed by atoms with Gasteiger partial charge in [0.05, 0.1) is 6.10 Å². The number of hydrogen-bond acceptors (Lipinski definition) is 5. The minimum Gasteiger partial charge on any atom is -0.378 e. The molecule has 15 heavy (non-hydrogen) atoms. The Bertz CT molecular complexity index is 312. The smallest absolute Gasteiger partial charge is 0.209 e. The van der Waals surface area contributed by atoms with Crippen LogP contribution in [-0.2, 0) is 4.74 Å². The van der Waals surface area contributed by atoms with Gasteiger partial charge >= 0.3 is 0 Å². The van der Waals surface area contributed by atoms with Gasteiger partial charge in [-0.1, -0.05) is 11.3 Å². The van der Waals surface area contributed by atoms with E-state index in [4.69, 9.17) is 4.74 Å². The van der Waals surface area contributed by atoms with Crippen LogP contribution in [0.1, 0.15) is 19.8 Å². The van der Waals surface area contributed by atoms with Crippen molar-refractivity contribution < 1.29 is 4.74 Å². The lowest BCUT2D eigenvalue weighted by Gasteiger charge is -2.31. The monoisotopic (exact) mass is 291 g/mol. The van der Waals surface area contributed by atoms with Crippen LogP contribution in [0.4, 0.5) is 5.13 Å². The quantitative estimate of drug-likeness (QED) is 0.857. The number of nitrogens with zero attached hydrogens (tertiary/aromatic N) is 3. The molecule has 1 aromatic rings. The largest absolute Gasteiger partial charge is 0.378 e. The zero-order valence-electron chi connectivity index (χ0n) is 8.65. The van der Waals surface area contributed by atoms with Crippen LogP contribution in [0.5, 0.6) is 0 Å². The molecule has 0 unspecified atom stereocenters. The summed E-state index contributed by atoms with van der Waals surface area (Å²) in [6.45, 7) is 4.90. The Hall–Kier alpha value is -0.200. The molecule has 0 N–H and O–H groups in total. The highest BCUT2D eigenvalue weighted by atomic mass is 79.9. The summed E-state index contributed by atoms with van der Waals surface area (Å²) >= 11 is 4.92. The van der Waals surface area contributed by atoms with Gasteiger partial charge < -0.3 is 9.64 Å². The molecule has 0 spiro atoms. The molecule has 6 heteroatoms. The summed E-state index contributed by atoms with van der Waals surface area (Å²) in [7, 11) is 0. The lowest BCUT2D eigenvalue weighted by atomic mass is 10.1. The van der Waals surface area contributed by atoms with E-state index >= 15 is 0 Å². The lowest BCUT2D eigenvalue weighted by molar-refractivity contribution is 0.0459. The number of hydrogen-bond donors (Lipinski definition) is 0. The minimum atomic E-state index is 0.433. The highest BCUT2D eigenvalue weighted by Gasteiger charge is 2.21. The molecule has 1 aromatic heterocycles. The Morgan fingerprint density at radius 3 is 2.73 bits per heavy atom. The molecule has 2 rings (SSSR count). The number of piperidine rings is 1. The van der Waals surface area contributed by atoms with E-state index in [0.717, 1.165) is 41.6 Å². The Morgan fingerprint density at radius 1 is 1.47 bits per heavy atom. The zero-order valence-corrected chi connectivity index (χ0v) is 11.1. The number of ether oxygens (including phenoxy) is 1. The van der Waals surface area contributed by atoms with Crippen molar-refractivity contribution in [1.29, 1.82) is 0 Å². The number of aromatic nitrogens is 2. The summed E-state index contributed by atoms with van der Waals surface area (Å²) in [6.07, 6.45) is 2.61. The molecular formula is C9H14BrN3OS. The summed E-state index contributed by atoms with van der Waals surface area (Å²) in [5.41, 5.74) is 0. The Kier molecular flexibility index (Phi) is 3.93. The average Bonchev–Trinajstić information content (AvgIpc) is 2.67. The molecule has 0 radical (unpaired) electrons. The first-order chi connectivity index (χ1) is 7.29. The van der Waals surface area contributed by atoms with E-state index in [-0.39, 0.29) is 0 Å². The zero-order chi connectivity index (χ0) is 10.7. The van der Waals surface area contributed by atoms with E-state index in [9.17, 15) is 0 Å². The average molecular weight is 292 g/mol. The summed E-state index contributed by atoms with van der Waals surface area (Å²) in [4.78, 5) is 2.28. The van der Waals surface area contributed by atoms with Gasteiger partial charge in [0.25, 0.3) is 0 Å². The van der Waals surface area contributed by atoms with Crippen LogP contribution in [0.15, 0.2) is 3.92 Å². The third kappa shape index (κ3) is 2.89. The summed E-state index contributed by atoms with van der Waals surface area (Å²) in [5.74, 6) is 0. The van der Waals surface area contributed by atoms with Gasteiger partial charge in [-0.3, -0.25) is 0 Å². The fourth-order valence-corrected chi connectivity index (χ4v) is 2.91. The molecule has 0 bridgehead atoms. The maximum atomic E-state index is 5.60. The first-order valence-corrected chi connectivity index (χ1v) is 6.76. The molecule has 0 saturated carbocycles. The number of anilines is 1. The first-order valence-electron chi connectivity index (χ1n) is 5.15. The van der Waals surface area contributed by atoms with E-state index in [1.807, 2.05) is 6.92 Å². The van der Waals surface area contributed by atoms with Crippen molar-refractivity contribution in [2.45, 2.75) is 25.9 Å². The molecule has 1 saturated heterocycles. The van der Waals surface area contributed by atoms with E-state index < -0.39 is 0 Å². The van der Waals surface area contributed by atoms with Gasteiger partial charge in [0.1, 0.15) is 0 Å². The van der Waals surface area contributed by atoms with Crippen molar-refractivity contribution in [2.24, 2.45) is 0 Å². The standard InChI is InChI=1S/C9H14BrN3OS/c1-2-14-7-3-5-13(6-4-7)9-12-11-8(10)15-9/h7H,2-6H2,1H3. The highest BCUT2D eigenvalue weighted by Crippen LogP contribution is 2.27. The molecule has 0 amide bonds. The Labute approximate surface area is 102 Å². The third-order valence-corrected chi connectivity index (χ3v) is 3.92. The van der Waals surface area contributed by atoms with Crippen LogP contribution >= 0.6 is 27.3 Å². The Morgan fingerprint density at radius 2 is 2.20 bits per heavy atom. The van der Waals surface area contributed by atoms with Crippen molar-refractivity contribution in [1.82, 2.24) is 10.2 Å². The molecule has 0 aliphatic carbocycles. The van der Waals surface area contributed by atoms with E-state index in [1.54, 1.807) is 11.3 Å². The first kappa shape index (κ1) is 11.3. The highest BCUT2D eigenvalue weighted by molar-refractivity contribution is 9.11. The van der Waals surface area contributed by atoms with Gasteiger partial charge in [0.15, 0.2) is 3.92 Å². The second kappa shape index (κ2) is 5.23. The predicted molar refractivity (Wildman–Crippen MR) is 64.5 cm³/mol. The summed E-state index contributed by atoms with van der Waals surface area (Å²) in [6, 6.07) is 0. The van der Waals surface area contributed by atoms with Crippen molar-refractivity contribution in [3.8, 4) is 0 Å². The topological polar surface area (TPSA) is 38.2 Å². The van der Waals surface area contributed by atoms with Crippen LogP contribution in [-0.4, -0.2) is 36.0 Å². The van der Waals surface area contributed by atoms with Crippen molar-refractivity contribution in [2.75, 3.05) is 24.6 Å². The van der Waals surface area contributed by atoms with Gasteiger partial charge in [0.2, 0.25) is 5.13 Å². The molecule has 0 aromatic carbocycles.